The van der Waals surface area contributed by atoms with E-state index in [2.05, 4.69) is 46.4 Å². The average molecular weight is 541 g/mol. The Morgan fingerprint density at radius 1 is 0.975 bits per heavy atom. The molecule has 3 aromatic carbocycles. The molecule has 1 aromatic heterocycles. The monoisotopic (exact) mass is 540 g/mol. The zero-order valence-corrected chi connectivity index (χ0v) is 24.0. The first-order valence-corrected chi connectivity index (χ1v) is 13.8. The molecule has 1 N–H and O–H groups in total. The highest BCUT2D eigenvalue weighted by Gasteiger charge is 2.16. The van der Waals surface area contributed by atoms with E-state index >= 15 is 0 Å². The average Bonchev–Trinajstić information content (AvgIpc) is 2.97. The maximum atomic E-state index is 13.3. The van der Waals surface area contributed by atoms with Gasteiger partial charge >= 0.3 is 0 Å². The van der Waals surface area contributed by atoms with Crippen molar-refractivity contribution in [1.29, 1.82) is 0 Å². The molecule has 4 aromatic rings. The smallest absolute Gasteiger partial charge is 0.248 e. The Balaban J connectivity index is 1.37. The van der Waals surface area contributed by atoms with Crippen LogP contribution in [0.3, 0.4) is 0 Å². The molecule has 7 heteroatoms. The number of carbonyl (C=O) groups excluding carboxylic acids is 1. The first-order chi connectivity index (χ1) is 19.4. The number of hydrogen-bond donors (Lipinski definition) is 1. The summed E-state index contributed by atoms with van der Waals surface area (Å²) in [5.74, 6) is 0.791. The van der Waals surface area contributed by atoms with Crippen molar-refractivity contribution in [3.63, 3.8) is 0 Å². The summed E-state index contributed by atoms with van der Waals surface area (Å²) >= 11 is 0. The van der Waals surface area contributed by atoms with E-state index in [9.17, 15) is 4.79 Å². The van der Waals surface area contributed by atoms with Crippen molar-refractivity contribution in [2.75, 3.05) is 44.6 Å². The minimum atomic E-state index is -0.00350. The molecule has 0 aliphatic rings. The molecule has 0 aliphatic heterocycles. The summed E-state index contributed by atoms with van der Waals surface area (Å²) in [6.07, 6.45) is 3.54. The van der Waals surface area contributed by atoms with Gasteiger partial charge in [0.1, 0.15) is 12.4 Å². The second-order valence-corrected chi connectivity index (χ2v) is 10.3. The molecule has 40 heavy (non-hydrogen) atoms. The molecule has 1 amide bonds. The lowest BCUT2D eigenvalue weighted by Gasteiger charge is -2.25. The number of fused-ring (bicyclic) bond motifs is 1. The Labute approximate surface area is 237 Å². The minimum absolute atomic E-state index is 0.00350. The van der Waals surface area contributed by atoms with E-state index in [0.29, 0.717) is 19.7 Å². The quantitative estimate of drug-likeness (QED) is 0.207. The fourth-order valence-corrected chi connectivity index (χ4v) is 4.65. The number of hydrogen-bond acceptors (Lipinski definition) is 6. The molecular weight excluding hydrogens is 500 g/mol. The number of pyridine rings is 1. The number of nitrogens with one attached hydrogen (secondary N) is 1. The molecule has 0 aliphatic carbocycles. The standard InChI is InChI=1S/C33H40N4O3/c1-25(35-31-21-30(39-4)20-28-13-8-18-34-33(28)31)10-9-19-37(22-26-14-16-29(17-15-26)36(2)3)32(38)24-40-23-27-11-6-5-7-12-27/h5-8,11-18,20-21,25,35H,9-10,19,22-24H2,1-4H3. The highest BCUT2D eigenvalue weighted by molar-refractivity contribution is 5.91. The summed E-state index contributed by atoms with van der Waals surface area (Å²) in [5.41, 5.74) is 5.16. The number of amides is 1. The summed E-state index contributed by atoms with van der Waals surface area (Å²) in [4.78, 5) is 21.8. The van der Waals surface area contributed by atoms with E-state index in [1.165, 1.54) is 0 Å². The SMILES string of the molecule is COc1cc(NC(C)CCCN(Cc2ccc(N(C)C)cc2)C(=O)COCc2ccccc2)c2ncccc2c1. The number of rotatable bonds is 14. The van der Waals surface area contributed by atoms with Gasteiger partial charge in [-0.1, -0.05) is 48.5 Å². The molecular formula is C33H40N4O3. The highest BCUT2D eigenvalue weighted by atomic mass is 16.5. The van der Waals surface area contributed by atoms with Gasteiger partial charge in [0.05, 0.1) is 24.9 Å². The highest BCUT2D eigenvalue weighted by Crippen LogP contribution is 2.28. The Morgan fingerprint density at radius 3 is 2.48 bits per heavy atom. The third kappa shape index (κ3) is 8.20. The molecule has 1 heterocycles. The summed E-state index contributed by atoms with van der Waals surface area (Å²) in [5, 5.41) is 4.64. The molecule has 4 rings (SSSR count). The first kappa shape index (κ1) is 28.9. The predicted molar refractivity (Wildman–Crippen MR) is 163 cm³/mol. The molecule has 0 spiro atoms. The van der Waals surface area contributed by atoms with Crippen LogP contribution in [-0.4, -0.2) is 56.2 Å². The van der Waals surface area contributed by atoms with Crippen LogP contribution in [0.1, 0.15) is 30.9 Å². The number of carbonyl (C=O) groups is 1. The number of benzene rings is 3. The van der Waals surface area contributed by atoms with E-state index in [4.69, 9.17) is 9.47 Å². The van der Waals surface area contributed by atoms with E-state index in [-0.39, 0.29) is 18.6 Å². The first-order valence-electron chi connectivity index (χ1n) is 13.8. The van der Waals surface area contributed by atoms with Gasteiger partial charge in [-0.25, -0.2) is 0 Å². The van der Waals surface area contributed by atoms with Crippen LogP contribution in [0.4, 0.5) is 11.4 Å². The molecule has 0 fully saturated rings. The van der Waals surface area contributed by atoms with E-state index < -0.39 is 0 Å². The van der Waals surface area contributed by atoms with Crippen molar-refractivity contribution in [2.24, 2.45) is 0 Å². The Hall–Kier alpha value is -4.10. The van der Waals surface area contributed by atoms with E-state index in [1.807, 2.05) is 73.6 Å². The summed E-state index contributed by atoms with van der Waals surface area (Å²) in [6, 6.07) is 26.4. The Morgan fingerprint density at radius 2 is 1.75 bits per heavy atom. The fourth-order valence-electron chi connectivity index (χ4n) is 4.65. The second kappa shape index (κ2) is 14.3. The molecule has 210 valence electrons. The van der Waals surface area contributed by atoms with Crippen molar-refractivity contribution in [1.82, 2.24) is 9.88 Å². The van der Waals surface area contributed by atoms with Crippen molar-refractivity contribution >= 4 is 28.2 Å². The molecule has 0 saturated heterocycles. The van der Waals surface area contributed by atoms with Crippen LogP contribution in [0.25, 0.3) is 10.9 Å². The zero-order chi connectivity index (χ0) is 28.3. The Kier molecular flexibility index (Phi) is 10.4. The molecule has 0 saturated carbocycles. The van der Waals surface area contributed by atoms with Gasteiger partial charge in [-0.15, -0.1) is 0 Å². The van der Waals surface area contributed by atoms with Crippen LogP contribution in [-0.2, 0) is 22.7 Å². The second-order valence-electron chi connectivity index (χ2n) is 10.3. The fraction of sp³-hybridized carbons (Fsp3) is 0.333. The third-order valence-corrected chi connectivity index (χ3v) is 6.90. The zero-order valence-electron chi connectivity index (χ0n) is 24.0. The normalized spacial score (nSPS) is 11.7. The van der Waals surface area contributed by atoms with Gasteiger partial charge in [0.2, 0.25) is 5.91 Å². The van der Waals surface area contributed by atoms with Crippen molar-refractivity contribution < 1.29 is 14.3 Å². The summed E-state index contributed by atoms with van der Waals surface area (Å²) in [7, 11) is 5.72. The Bertz CT molecular complexity index is 1360. The van der Waals surface area contributed by atoms with Gasteiger partial charge in [-0.2, -0.15) is 0 Å². The van der Waals surface area contributed by atoms with Crippen LogP contribution in [0.15, 0.2) is 85.1 Å². The maximum absolute atomic E-state index is 13.3. The number of nitrogens with zero attached hydrogens (tertiary/aromatic N) is 3. The van der Waals surface area contributed by atoms with Gasteiger partial charge in [-0.3, -0.25) is 9.78 Å². The predicted octanol–water partition coefficient (Wildman–Crippen LogP) is 6.14. The molecule has 7 nitrogen and oxygen atoms in total. The van der Waals surface area contributed by atoms with Crippen LogP contribution in [0.5, 0.6) is 5.75 Å². The van der Waals surface area contributed by atoms with E-state index in [1.54, 1.807) is 13.3 Å². The van der Waals surface area contributed by atoms with Crippen molar-refractivity contribution in [3.05, 3.63) is 96.2 Å². The van der Waals surface area contributed by atoms with E-state index in [0.717, 1.165) is 52.0 Å². The topological polar surface area (TPSA) is 66.9 Å². The number of ether oxygens (including phenoxy) is 2. The maximum Gasteiger partial charge on any atom is 0.248 e. The molecule has 1 atom stereocenters. The van der Waals surface area contributed by atoms with Gasteiger partial charge in [0.25, 0.3) is 0 Å². The summed E-state index contributed by atoms with van der Waals surface area (Å²) in [6.45, 7) is 3.82. The number of aromatic nitrogens is 1. The minimum Gasteiger partial charge on any atom is -0.497 e. The lowest BCUT2D eigenvalue weighted by Crippen LogP contribution is -2.35. The number of anilines is 2. The lowest BCUT2D eigenvalue weighted by atomic mass is 10.1. The van der Waals surface area contributed by atoms with Gasteiger partial charge in [-0.05, 0) is 55.2 Å². The van der Waals surface area contributed by atoms with Crippen molar-refractivity contribution in [3.8, 4) is 5.75 Å². The van der Waals surface area contributed by atoms with Crippen LogP contribution in [0.2, 0.25) is 0 Å². The molecule has 0 bridgehead atoms. The molecule has 1 unspecified atom stereocenters. The van der Waals surface area contributed by atoms with Crippen LogP contribution in [0, 0.1) is 0 Å². The third-order valence-electron chi connectivity index (χ3n) is 6.90. The largest absolute Gasteiger partial charge is 0.497 e. The van der Waals surface area contributed by atoms with Crippen LogP contribution < -0.4 is 15.0 Å². The lowest BCUT2D eigenvalue weighted by molar-refractivity contribution is -0.137. The van der Waals surface area contributed by atoms with Crippen molar-refractivity contribution in [2.45, 2.75) is 39.0 Å². The van der Waals surface area contributed by atoms with Gasteiger partial charge < -0.3 is 24.6 Å². The van der Waals surface area contributed by atoms with Gasteiger partial charge in [0, 0.05) is 56.6 Å². The number of methoxy groups -OCH3 is 1. The molecule has 0 radical (unpaired) electrons. The summed E-state index contributed by atoms with van der Waals surface area (Å²) < 4.78 is 11.3. The van der Waals surface area contributed by atoms with Gasteiger partial charge in [0.15, 0.2) is 0 Å². The van der Waals surface area contributed by atoms with Crippen LogP contribution >= 0.6 is 0 Å².